The van der Waals surface area contributed by atoms with E-state index < -0.39 is 0 Å². The molecule has 0 spiro atoms. The van der Waals surface area contributed by atoms with Crippen LogP contribution >= 0.6 is 0 Å². The maximum Gasteiger partial charge on any atom is 4.00 e. The van der Waals surface area contributed by atoms with E-state index in [0.29, 0.717) is 0 Å². The van der Waals surface area contributed by atoms with Gasteiger partial charge in [-0.2, -0.15) is 0 Å². The van der Waals surface area contributed by atoms with Crippen LogP contribution in [0.2, 0.25) is 0 Å². The van der Waals surface area contributed by atoms with Gasteiger partial charge in [0.1, 0.15) is 0 Å². The van der Waals surface area contributed by atoms with Crippen molar-refractivity contribution in [3.8, 4) is 0 Å². The van der Waals surface area contributed by atoms with Gasteiger partial charge < -0.3 is 47.3 Å². The van der Waals surface area contributed by atoms with Gasteiger partial charge in [-0.15, -0.1) is 0 Å². The topological polar surface area (TPSA) is 95.2 Å². The summed E-state index contributed by atoms with van der Waals surface area (Å²) in [6.45, 7) is 19.0. The summed E-state index contributed by atoms with van der Waals surface area (Å²) in [6.07, 6.45) is 0. The zero-order valence-electron chi connectivity index (χ0n) is 4.14. The summed E-state index contributed by atoms with van der Waals surface area (Å²) in [5, 5.41) is 25.0. The molecule has 0 aromatic heterocycles. The quantitative estimate of drug-likeness (QED) is 0.378. The minimum atomic E-state index is 0. The summed E-state index contributed by atoms with van der Waals surface area (Å²) in [7, 11) is 0. The molecule has 0 bridgehead atoms. The normalized spacial score (nSPS) is 0.889. The van der Waals surface area contributed by atoms with E-state index in [0.717, 1.165) is 0 Å². The molecule has 0 radical (unpaired) electrons. The number of hydrogen-bond donors (Lipinski definition) is 0. The van der Waals surface area contributed by atoms with Crippen LogP contribution in [0.5, 0.6) is 0 Å². The molecular weight excluding hydrogens is 160 g/mol. The second kappa shape index (κ2) is 84.1. The van der Waals surface area contributed by atoms with Crippen LogP contribution in [0, 0.1) is 47.3 Å². The molecule has 0 heterocycles. The fraction of sp³-hybridized carbons (Fsp3) is 0. The fourth-order valence-electron chi connectivity index (χ4n) is 0. The largest absolute Gasteiger partial charge is 4.00 e. The molecule has 0 aliphatic carbocycles. The average molecular weight is 160 g/mol. The van der Waals surface area contributed by atoms with Gasteiger partial charge in [-0.1, -0.05) is 0 Å². The summed E-state index contributed by atoms with van der Waals surface area (Å²) in [6, 6.07) is 0. The fourth-order valence-corrected chi connectivity index (χ4v) is 0. The predicted molar refractivity (Wildman–Crippen MR) is 19.9 cm³/mol. The summed E-state index contributed by atoms with van der Waals surface area (Å²) in [4.78, 5) is 0. The molecule has 9 heavy (non-hydrogen) atoms. The smallest absolute Gasteiger partial charge is 0.512 e. The van der Waals surface area contributed by atoms with E-state index in [1.807, 2.05) is 0 Å². The first-order chi connectivity index (χ1) is 4.00. The number of rotatable bonds is 0. The molecule has 0 rings (SSSR count). The molecule has 0 fully saturated rings. The van der Waals surface area contributed by atoms with Crippen molar-refractivity contribution in [2.24, 2.45) is 0 Å². The van der Waals surface area contributed by atoms with Gasteiger partial charge in [-0.25, -0.2) is 0 Å². The van der Waals surface area contributed by atoms with Crippen molar-refractivity contribution in [1.82, 2.24) is 0 Å². The van der Waals surface area contributed by atoms with Gasteiger partial charge >= 0.3 is 17.1 Å². The molecule has 44 valence electrons. The monoisotopic (exact) mass is 160 g/mol. The van der Waals surface area contributed by atoms with Crippen LogP contribution in [0.1, 0.15) is 0 Å². The Balaban J connectivity index is -0.00000000762. The first-order valence-electron chi connectivity index (χ1n) is 0.894. The third-order valence-corrected chi connectivity index (χ3v) is 0. The van der Waals surface area contributed by atoms with Gasteiger partial charge in [0.2, 0.25) is 0 Å². The van der Waals surface area contributed by atoms with Gasteiger partial charge in [0.05, 0.1) is 0 Å². The molecule has 0 atom stereocenters. The first-order valence-corrected chi connectivity index (χ1v) is 0.894. The van der Waals surface area contributed by atoms with Crippen LogP contribution in [-0.4, -0.2) is 0 Å². The van der Waals surface area contributed by atoms with Gasteiger partial charge in [0.25, 0.3) is 0 Å². The minimum Gasteiger partial charge on any atom is -0.512 e. The Bertz CT molecular complexity index is 55.5. The summed E-state index contributed by atoms with van der Waals surface area (Å²) >= 11 is 0. The Kier molecular flexibility index (Phi) is 478. The minimum absolute atomic E-state index is 0. The number of hydrogen-bond acceptors (Lipinski definition) is 4. The zero-order valence-corrected chi connectivity index (χ0v) is 5.25. The number of nitrogens with zero attached hydrogens (tertiary/aromatic N) is 4. The maximum absolute atomic E-state index is 6.25. The van der Waals surface area contributed by atoms with Gasteiger partial charge in [-0.05, 0) is 0 Å². The van der Waals surface area contributed by atoms with E-state index in [1.54, 1.807) is 0 Å². The van der Waals surface area contributed by atoms with Crippen molar-refractivity contribution >= 4 is 0 Å². The van der Waals surface area contributed by atoms with E-state index in [1.165, 1.54) is 0 Å². The molecule has 5 heteroatoms. The molecular formula is C4FeN4. The third-order valence-electron chi connectivity index (χ3n) is 0. The molecule has 0 saturated carbocycles. The van der Waals surface area contributed by atoms with Crippen molar-refractivity contribution in [3.63, 3.8) is 0 Å². The van der Waals surface area contributed by atoms with E-state index in [9.17, 15) is 0 Å². The molecule has 0 amide bonds. The van der Waals surface area contributed by atoms with Crippen LogP contribution in [0.4, 0.5) is 0 Å². The molecule has 0 unspecified atom stereocenters. The summed E-state index contributed by atoms with van der Waals surface area (Å²) in [5.41, 5.74) is 0. The van der Waals surface area contributed by atoms with E-state index in [2.05, 4.69) is 0 Å². The standard InChI is InChI=1S/4CN.Fe/c4*1-2;/q4*-1;+4. The van der Waals surface area contributed by atoms with E-state index in [4.69, 9.17) is 47.3 Å². The molecule has 0 N–H and O–H groups in total. The van der Waals surface area contributed by atoms with E-state index in [-0.39, 0.29) is 17.1 Å². The van der Waals surface area contributed by atoms with Crippen LogP contribution in [0.15, 0.2) is 0 Å². The van der Waals surface area contributed by atoms with Gasteiger partial charge in [-0.3, -0.25) is 0 Å². The second-order valence-electron chi connectivity index (χ2n) is 0. The van der Waals surface area contributed by atoms with Gasteiger partial charge in [0, 0.05) is 0 Å². The van der Waals surface area contributed by atoms with Crippen LogP contribution < -0.4 is 0 Å². The Morgan fingerprint density at radius 3 is 0.444 bits per heavy atom. The molecule has 0 aromatic rings. The third kappa shape index (κ3) is 56.2. The van der Waals surface area contributed by atoms with Crippen molar-refractivity contribution in [2.75, 3.05) is 0 Å². The predicted octanol–water partition coefficient (Wildman–Crippen LogP) is 0.383. The molecule has 4 nitrogen and oxygen atoms in total. The van der Waals surface area contributed by atoms with Crippen LogP contribution in [0.25, 0.3) is 0 Å². The Hall–Kier alpha value is -1.52. The zero-order chi connectivity index (χ0) is 8.00. The Labute approximate surface area is 65.0 Å². The van der Waals surface area contributed by atoms with Crippen LogP contribution in [0.3, 0.4) is 0 Å². The van der Waals surface area contributed by atoms with Crippen LogP contribution in [-0.2, 0) is 17.1 Å². The first kappa shape index (κ1) is 51.1. The van der Waals surface area contributed by atoms with Crippen molar-refractivity contribution < 1.29 is 17.1 Å². The second-order valence-corrected chi connectivity index (χ2v) is 0. The summed E-state index contributed by atoms with van der Waals surface area (Å²) in [5.74, 6) is 0. The molecule has 0 saturated heterocycles. The molecule has 0 aliphatic heterocycles. The Morgan fingerprint density at radius 2 is 0.444 bits per heavy atom. The molecule has 0 aromatic carbocycles. The Morgan fingerprint density at radius 1 is 0.444 bits per heavy atom. The molecule has 0 aliphatic rings. The van der Waals surface area contributed by atoms with Gasteiger partial charge in [0.15, 0.2) is 0 Å². The van der Waals surface area contributed by atoms with Crippen molar-refractivity contribution in [2.45, 2.75) is 0 Å². The summed E-state index contributed by atoms with van der Waals surface area (Å²) < 4.78 is 0. The SMILES string of the molecule is [C-]#N.[C-]#N.[C-]#N.[C-]#N.[Fe+4]. The average Bonchev–Trinajstić information content (AvgIpc) is 2.03. The maximum atomic E-state index is 6.25. The van der Waals surface area contributed by atoms with Crippen molar-refractivity contribution in [3.05, 3.63) is 26.3 Å². The van der Waals surface area contributed by atoms with Crippen molar-refractivity contribution in [1.29, 1.82) is 21.0 Å². The van der Waals surface area contributed by atoms with E-state index >= 15 is 0 Å².